The summed E-state index contributed by atoms with van der Waals surface area (Å²) >= 11 is 0. The first-order chi connectivity index (χ1) is 14.9. The van der Waals surface area contributed by atoms with Crippen LogP contribution in [0.1, 0.15) is 78.1 Å². The fourth-order valence-corrected chi connectivity index (χ4v) is 4.15. The zero-order valence-corrected chi connectivity index (χ0v) is 18.6. The van der Waals surface area contributed by atoms with Gasteiger partial charge in [0.25, 0.3) is 5.91 Å². The van der Waals surface area contributed by atoms with Gasteiger partial charge in [0.05, 0.1) is 0 Å². The van der Waals surface area contributed by atoms with Crippen LogP contribution in [-0.2, 0) is 6.42 Å². The van der Waals surface area contributed by atoms with Gasteiger partial charge in [0.15, 0.2) is 5.78 Å². The normalized spacial score (nSPS) is 14.1. The van der Waals surface area contributed by atoms with Crippen LogP contribution in [0.25, 0.3) is 0 Å². The maximum atomic E-state index is 12.9. The number of carbonyl (C=O) groups excluding carboxylic acids is 3. The molecule has 1 fully saturated rings. The highest BCUT2D eigenvalue weighted by Crippen LogP contribution is 2.23. The Labute approximate surface area is 183 Å². The molecule has 166 valence electrons. The molecule has 0 bridgehead atoms. The minimum Gasteiger partial charge on any atom is -0.354 e. The maximum absolute atomic E-state index is 12.9. The summed E-state index contributed by atoms with van der Waals surface area (Å²) in [5, 5.41) is 5.82. The molecule has 3 N–H and O–H groups in total. The first-order valence-corrected chi connectivity index (χ1v) is 11.1. The van der Waals surface area contributed by atoms with E-state index in [1.807, 2.05) is 18.7 Å². The number of Topliss-reactive ketones (excluding diaryl/α,β-unsaturated/α-hetero) is 1. The van der Waals surface area contributed by atoms with Gasteiger partial charge in [0, 0.05) is 35.7 Å². The highest BCUT2D eigenvalue weighted by molar-refractivity contribution is 6.07. The van der Waals surface area contributed by atoms with Gasteiger partial charge in [-0.25, -0.2) is 4.79 Å². The molecule has 3 amide bonds. The summed E-state index contributed by atoms with van der Waals surface area (Å²) in [6, 6.07) is 6.99. The SMILES string of the molecule is CCCc1c(C(=O)Nc2ccc(NC(=O)N3CCCCCC3)cc2)[nH]c(C)c1C(C)=O. The monoisotopic (exact) mass is 424 g/mol. The fraction of sp³-hybridized carbons (Fsp3) is 0.458. The van der Waals surface area contributed by atoms with Crippen molar-refractivity contribution in [2.24, 2.45) is 0 Å². The van der Waals surface area contributed by atoms with Gasteiger partial charge in [-0.15, -0.1) is 0 Å². The van der Waals surface area contributed by atoms with E-state index in [1.54, 1.807) is 24.3 Å². The summed E-state index contributed by atoms with van der Waals surface area (Å²) in [4.78, 5) is 42.3. The Morgan fingerprint density at radius 3 is 2.10 bits per heavy atom. The minimum atomic E-state index is -0.277. The zero-order valence-electron chi connectivity index (χ0n) is 18.6. The van der Waals surface area contributed by atoms with Crippen LogP contribution < -0.4 is 10.6 Å². The second-order valence-corrected chi connectivity index (χ2v) is 8.15. The molecule has 7 nitrogen and oxygen atoms in total. The molecule has 7 heteroatoms. The molecule has 0 spiro atoms. The average Bonchev–Trinajstić information content (AvgIpc) is 2.90. The van der Waals surface area contributed by atoms with E-state index >= 15 is 0 Å². The van der Waals surface area contributed by atoms with Crippen molar-refractivity contribution in [3.63, 3.8) is 0 Å². The molecule has 0 radical (unpaired) electrons. The number of likely N-dealkylation sites (tertiary alicyclic amines) is 1. The number of hydrogen-bond donors (Lipinski definition) is 3. The lowest BCUT2D eigenvalue weighted by molar-refractivity contribution is 0.101. The highest BCUT2D eigenvalue weighted by Gasteiger charge is 2.22. The third-order valence-corrected chi connectivity index (χ3v) is 5.66. The van der Waals surface area contributed by atoms with Gasteiger partial charge >= 0.3 is 6.03 Å². The van der Waals surface area contributed by atoms with Crippen LogP contribution in [-0.4, -0.2) is 40.7 Å². The molecule has 0 saturated carbocycles. The lowest BCUT2D eigenvalue weighted by atomic mass is 10.0. The molecule has 2 heterocycles. The van der Waals surface area contributed by atoms with E-state index < -0.39 is 0 Å². The van der Waals surface area contributed by atoms with E-state index in [1.165, 1.54) is 19.8 Å². The number of ketones is 1. The number of nitrogens with zero attached hydrogens (tertiary/aromatic N) is 1. The summed E-state index contributed by atoms with van der Waals surface area (Å²) in [5.74, 6) is -0.318. The van der Waals surface area contributed by atoms with Crippen molar-refractivity contribution in [3.8, 4) is 0 Å². The van der Waals surface area contributed by atoms with Gasteiger partial charge < -0.3 is 20.5 Å². The van der Waals surface area contributed by atoms with Gasteiger partial charge in [-0.3, -0.25) is 9.59 Å². The van der Waals surface area contributed by atoms with E-state index in [9.17, 15) is 14.4 Å². The lowest BCUT2D eigenvalue weighted by Crippen LogP contribution is -2.35. The number of nitrogens with one attached hydrogen (secondary N) is 3. The number of aromatic nitrogens is 1. The molecule has 0 aliphatic carbocycles. The Hall–Kier alpha value is -3.09. The van der Waals surface area contributed by atoms with Crippen molar-refractivity contribution in [1.82, 2.24) is 9.88 Å². The van der Waals surface area contributed by atoms with E-state index in [4.69, 9.17) is 0 Å². The van der Waals surface area contributed by atoms with Crippen LogP contribution in [0.2, 0.25) is 0 Å². The second kappa shape index (κ2) is 10.3. The minimum absolute atomic E-state index is 0.0410. The van der Waals surface area contributed by atoms with Gasteiger partial charge in [0.2, 0.25) is 0 Å². The number of H-pyrrole nitrogens is 1. The standard InChI is InChI=1S/C24H32N4O3/c1-4-9-20-21(17(3)29)16(2)25-22(20)23(30)26-18-10-12-19(13-11-18)27-24(31)28-14-7-5-6-8-15-28/h10-13,25H,4-9,14-15H2,1-3H3,(H,26,30)(H,27,31). The number of carbonyl (C=O) groups is 3. The summed E-state index contributed by atoms with van der Waals surface area (Å²) < 4.78 is 0. The van der Waals surface area contributed by atoms with Crippen molar-refractivity contribution in [2.75, 3.05) is 23.7 Å². The van der Waals surface area contributed by atoms with Crippen molar-refractivity contribution < 1.29 is 14.4 Å². The van der Waals surface area contributed by atoms with E-state index in [0.29, 0.717) is 34.7 Å². The van der Waals surface area contributed by atoms with Crippen LogP contribution >= 0.6 is 0 Å². The lowest BCUT2D eigenvalue weighted by Gasteiger charge is -2.20. The third kappa shape index (κ3) is 5.54. The molecule has 1 saturated heterocycles. The van der Waals surface area contributed by atoms with Gasteiger partial charge in [-0.1, -0.05) is 26.2 Å². The molecule has 31 heavy (non-hydrogen) atoms. The highest BCUT2D eigenvalue weighted by atomic mass is 16.2. The summed E-state index contributed by atoms with van der Waals surface area (Å²) in [6.45, 7) is 6.94. The Kier molecular flexibility index (Phi) is 7.50. The van der Waals surface area contributed by atoms with Crippen LogP contribution in [0.5, 0.6) is 0 Å². The number of urea groups is 1. The van der Waals surface area contributed by atoms with Gasteiger partial charge in [0.1, 0.15) is 5.69 Å². The summed E-state index contributed by atoms with van der Waals surface area (Å²) in [7, 11) is 0. The Morgan fingerprint density at radius 2 is 1.55 bits per heavy atom. The quantitative estimate of drug-likeness (QED) is 0.561. The molecular weight excluding hydrogens is 392 g/mol. The number of amides is 3. The van der Waals surface area contributed by atoms with Crippen molar-refractivity contribution in [2.45, 2.75) is 59.3 Å². The van der Waals surface area contributed by atoms with E-state index in [2.05, 4.69) is 15.6 Å². The number of hydrogen-bond acceptors (Lipinski definition) is 3. The molecule has 2 aromatic rings. The molecule has 1 aliphatic rings. The number of benzene rings is 1. The smallest absolute Gasteiger partial charge is 0.321 e. The molecule has 1 aromatic heterocycles. The molecular formula is C24H32N4O3. The van der Waals surface area contributed by atoms with Crippen LogP contribution in [0.3, 0.4) is 0 Å². The predicted molar refractivity (Wildman–Crippen MR) is 123 cm³/mol. The first kappa shape index (κ1) is 22.6. The van der Waals surface area contributed by atoms with E-state index in [-0.39, 0.29) is 17.7 Å². The van der Waals surface area contributed by atoms with Crippen molar-refractivity contribution in [3.05, 3.63) is 46.8 Å². The van der Waals surface area contributed by atoms with Crippen molar-refractivity contribution in [1.29, 1.82) is 0 Å². The Balaban J connectivity index is 1.67. The summed E-state index contributed by atoms with van der Waals surface area (Å²) in [5.41, 5.74) is 3.84. The number of aryl methyl sites for hydroxylation is 1. The van der Waals surface area contributed by atoms with Crippen LogP contribution in [0, 0.1) is 6.92 Å². The molecule has 0 unspecified atom stereocenters. The van der Waals surface area contributed by atoms with Crippen LogP contribution in [0.15, 0.2) is 24.3 Å². The Bertz CT molecular complexity index is 938. The first-order valence-electron chi connectivity index (χ1n) is 11.1. The third-order valence-electron chi connectivity index (χ3n) is 5.66. The molecule has 1 aromatic carbocycles. The molecule has 1 aliphatic heterocycles. The van der Waals surface area contributed by atoms with Crippen LogP contribution in [0.4, 0.5) is 16.2 Å². The second-order valence-electron chi connectivity index (χ2n) is 8.15. The molecule has 0 atom stereocenters. The fourth-order valence-electron chi connectivity index (χ4n) is 4.15. The van der Waals surface area contributed by atoms with Gasteiger partial charge in [-0.05, 0) is 62.9 Å². The van der Waals surface area contributed by atoms with E-state index in [0.717, 1.165) is 37.9 Å². The number of rotatable bonds is 6. The number of anilines is 2. The largest absolute Gasteiger partial charge is 0.354 e. The topological polar surface area (TPSA) is 94.3 Å². The van der Waals surface area contributed by atoms with Crippen molar-refractivity contribution >= 4 is 29.1 Å². The Morgan fingerprint density at radius 1 is 0.968 bits per heavy atom. The predicted octanol–water partition coefficient (Wildman–Crippen LogP) is 5.14. The summed E-state index contributed by atoms with van der Waals surface area (Å²) in [6.07, 6.45) is 5.93. The number of aromatic amines is 1. The maximum Gasteiger partial charge on any atom is 0.321 e. The zero-order chi connectivity index (χ0) is 22.4. The molecule has 3 rings (SSSR count). The average molecular weight is 425 g/mol. The van der Waals surface area contributed by atoms with Gasteiger partial charge in [-0.2, -0.15) is 0 Å².